The van der Waals surface area contributed by atoms with E-state index in [-0.39, 0.29) is 13.2 Å². The van der Waals surface area contributed by atoms with E-state index in [0.29, 0.717) is 4.31 Å². The maximum Gasteiger partial charge on any atom is 0.329 e. The monoisotopic (exact) mass is 251 g/mol. The van der Waals surface area contributed by atoms with Gasteiger partial charge in [0.2, 0.25) is 0 Å². The molecule has 0 aromatic rings. The van der Waals surface area contributed by atoms with E-state index in [2.05, 4.69) is 4.74 Å². The lowest BCUT2D eigenvalue weighted by molar-refractivity contribution is -0.142. The van der Waals surface area contributed by atoms with Gasteiger partial charge in [-0.3, -0.25) is 4.79 Å². The molecule has 1 aliphatic heterocycles. The summed E-state index contributed by atoms with van der Waals surface area (Å²) in [7, 11) is -3.59. The van der Waals surface area contributed by atoms with Crippen molar-refractivity contribution in [2.45, 2.75) is 18.6 Å². The molecule has 0 spiro atoms. The molecule has 0 aromatic carbocycles. The van der Waals surface area contributed by atoms with Crippen molar-refractivity contribution >= 4 is 21.9 Å². The van der Waals surface area contributed by atoms with Crippen LogP contribution in [0.5, 0.6) is 0 Å². The van der Waals surface area contributed by atoms with Crippen LogP contribution in [0.1, 0.15) is 13.8 Å². The molecule has 0 aliphatic carbocycles. The van der Waals surface area contributed by atoms with Gasteiger partial charge in [0.05, 0.1) is 13.2 Å². The van der Waals surface area contributed by atoms with Crippen molar-refractivity contribution in [3.63, 3.8) is 0 Å². The summed E-state index contributed by atoms with van der Waals surface area (Å²) >= 11 is 0. The zero-order valence-corrected chi connectivity index (χ0v) is 9.78. The van der Waals surface area contributed by atoms with Crippen LogP contribution in [0, 0.1) is 0 Å². The van der Waals surface area contributed by atoms with Crippen LogP contribution < -0.4 is 0 Å². The van der Waals surface area contributed by atoms with Crippen LogP contribution in [-0.2, 0) is 24.3 Å². The number of ether oxygens (including phenoxy) is 1. The Hall–Kier alpha value is -1.15. The Morgan fingerprint density at radius 1 is 1.50 bits per heavy atom. The second kappa shape index (κ2) is 4.02. The number of carboxylic acid groups (broad SMARTS) is 1. The summed E-state index contributed by atoms with van der Waals surface area (Å²) in [5, 5.41) is 8.26. The van der Waals surface area contributed by atoms with E-state index >= 15 is 0 Å². The Morgan fingerprint density at radius 3 is 2.50 bits per heavy atom. The number of aliphatic carboxylic acids is 1. The largest absolute Gasteiger partial charge is 0.480 e. The molecule has 0 atom stereocenters. The molecule has 1 N–H and O–H groups in total. The van der Waals surface area contributed by atoms with Crippen LogP contribution in [-0.4, -0.2) is 54.2 Å². The summed E-state index contributed by atoms with van der Waals surface area (Å²) in [5.74, 6) is -1.63. The first kappa shape index (κ1) is 12.9. The molecular weight excluding hydrogens is 238 g/mol. The fourth-order valence-electron chi connectivity index (χ4n) is 1.28. The van der Waals surface area contributed by atoms with Gasteiger partial charge in [0, 0.05) is 0 Å². The Kier molecular flexibility index (Phi) is 3.25. The Balaban J connectivity index is 2.47. The first-order chi connectivity index (χ1) is 7.21. The number of hydrogen-bond donors (Lipinski definition) is 1. The lowest BCUT2D eigenvalue weighted by Crippen LogP contribution is -2.67. The van der Waals surface area contributed by atoms with Crippen molar-refractivity contribution in [2.24, 2.45) is 0 Å². The summed E-state index contributed by atoms with van der Waals surface area (Å²) < 4.78 is 27.1. The number of amides is 1. The number of hydrogen-bond acceptors (Lipinski definition) is 5. The van der Waals surface area contributed by atoms with Crippen molar-refractivity contribution in [3.8, 4) is 0 Å². The molecule has 0 unspecified atom stereocenters. The summed E-state index contributed by atoms with van der Waals surface area (Å²) in [6, 6.07) is 0. The van der Waals surface area contributed by atoms with E-state index in [1.807, 2.05) is 0 Å². The molecule has 1 saturated heterocycles. The maximum absolute atomic E-state index is 11.5. The summed E-state index contributed by atoms with van der Waals surface area (Å²) in [6.07, 6.45) is 0. The average Bonchev–Trinajstić information content (AvgIpc) is 2.15. The predicted molar refractivity (Wildman–Crippen MR) is 53.2 cm³/mol. The lowest BCUT2D eigenvalue weighted by atomic mass is 10.2. The summed E-state index contributed by atoms with van der Waals surface area (Å²) in [4.78, 5) is 21.5. The molecule has 1 heterocycles. The zero-order chi connectivity index (χ0) is 12.6. The molecule has 16 heavy (non-hydrogen) atoms. The van der Waals surface area contributed by atoms with Crippen LogP contribution in [0.15, 0.2) is 0 Å². The SMILES string of the molecule is CC1(C)C(=O)N(CCOCC(=O)O)S1(=O)=O. The third kappa shape index (κ3) is 1.90. The Morgan fingerprint density at radius 2 is 2.06 bits per heavy atom. The number of nitrogens with zero attached hydrogens (tertiary/aromatic N) is 1. The van der Waals surface area contributed by atoms with E-state index < -0.39 is 33.3 Å². The molecule has 0 saturated carbocycles. The highest BCUT2D eigenvalue weighted by Gasteiger charge is 2.59. The molecule has 0 radical (unpaired) electrons. The van der Waals surface area contributed by atoms with Gasteiger partial charge >= 0.3 is 5.97 Å². The van der Waals surface area contributed by atoms with Crippen LogP contribution in [0.3, 0.4) is 0 Å². The van der Waals surface area contributed by atoms with Crippen molar-refractivity contribution in [1.29, 1.82) is 0 Å². The second-order valence-corrected chi connectivity index (χ2v) is 6.25. The normalized spacial score (nSPS) is 21.6. The Labute approximate surface area is 93.0 Å². The van der Waals surface area contributed by atoms with Gasteiger partial charge in [-0.15, -0.1) is 0 Å². The first-order valence-electron chi connectivity index (χ1n) is 4.57. The minimum Gasteiger partial charge on any atom is -0.480 e. The predicted octanol–water partition coefficient (Wildman–Crippen LogP) is -0.962. The second-order valence-electron chi connectivity index (χ2n) is 3.84. The number of carboxylic acids is 1. The molecule has 7 nitrogen and oxygen atoms in total. The minimum absolute atomic E-state index is 0.118. The molecule has 0 aromatic heterocycles. The van der Waals surface area contributed by atoms with Gasteiger partial charge in [-0.05, 0) is 13.8 Å². The molecule has 92 valence electrons. The molecule has 1 aliphatic rings. The minimum atomic E-state index is -3.59. The Bertz CT molecular complexity index is 412. The number of sulfonamides is 1. The van der Waals surface area contributed by atoms with E-state index in [1.165, 1.54) is 13.8 Å². The maximum atomic E-state index is 11.5. The number of rotatable bonds is 5. The third-order valence-electron chi connectivity index (χ3n) is 2.34. The van der Waals surface area contributed by atoms with Gasteiger partial charge in [-0.25, -0.2) is 17.5 Å². The first-order valence-corrected chi connectivity index (χ1v) is 6.01. The van der Waals surface area contributed by atoms with Gasteiger partial charge in [-0.2, -0.15) is 0 Å². The van der Waals surface area contributed by atoms with E-state index in [4.69, 9.17) is 5.11 Å². The van der Waals surface area contributed by atoms with Crippen LogP contribution in [0.25, 0.3) is 0 Å². The fourth-order valence-corrected chi connectivity index (χ4v) is 2.80. The smallest absolute Gasteiger partial charge is 0.329 e. The van der Waals surface area contributed by atoms with Gasteiger partial charge in [-0.1, -0.05) is 0 Å². The highest BCUT2D eigenvalue weighted by molar-refractivity contribution is 7.94. The molecule has 1 rings (SSSR count). The zero-order valence-electron chi connectivity index (χ0n) is 8.97. The van der Waals surface area contributed by atoms with E-state index in [1.54, 1.807) is 0 Å². The van der Waals surface area contributed by atoms with Gasteiger partial charge in [0.1, 0.15) is 6.61 Å². The van der Waals surface area contributed by atoms with Gasteiger partial charge in [0.25, 0.3) is 15.9 Å². The van der Waals surface area contributed by atoms with Crippen molar-refractivity contribution < 1.29 is 27.9 Å². The van der Waals surface area contributed by atoms with Crippen LogP contribution in [0.2, 0.25) is 0 Å². The standard InChI is InChI=1S/C8H13NO6S/c1-8(2)7(12)9(16(8,13)14)3-4-15-5-6(10)11/h3-5H2,1-2H3,(H,10,11). The highest BCUT2D eigenvalue weighted by atomic mass is 32.2. The van der Waals surface area contributed by atoms with Crippen molar-refractivity contribution in [2.75, 3.05) is 19.8 Å². The van der Waals surface area contributed by atoms with E-state index in [0.717, 1.165) is 0 Å². The van der Waals surface area contributed by atoms with Crippen molar-refractivity contribution in [1.82, 2.24) is 4.31 Å². The van der Waals surface area contributed by atoms with E-state index in [9.17, 15) is 18.0 Å². The molecular formula is C8H13NO6S. The van der Waals surface area contributed by atoms with Gasteiger partial charge < -0.3 is 9.84 Å². The van der Waals surface area contributed by atoms with Crippen molar-refractivity contribution in [3.05, 3.63) is 0 Å². The lowest BCUT2D eigenvalue weighted by Gasteiger charge is -2.42. The van der Waals surface area contributed by atoms with Crippen LogP contribution >= 0.6 is 0 Å². The van der Waals surface area contributed by atoms with Gasteiger partial charge in [0.15, 0.2) is 4.75 Å². The molecule has 0 bridgehead atoms. The summed E-state index contributed by atoms with van der Waals surface area (Å²) in [6.45, 7) is 1.90. The number of carbonyl (C=O) groups is 2. The van der Waals surface area contributed by atoms with Crippen LogP contribution in [0.4, 0.5) is 0 Å². The molecule has 1 fully saturated rings. The third-order valence-corrected chi connectivity index (χ3v) is 4.73. The summed E-state index contributed by atoms with van der Waals surface area (Å²) in [5.41, 5.74) is 0. The topological polar surface area (TPSA) is 101 Å². The molecule has 8 heteroatoms. The highest BCUT2D eigenvalue weighted by Crippen LogP contribution is 2.34. The average molecular weight is 251 g/mol. The number of carbonyl (C=O) groups excluding carboxylic acids is 1. The fraction of sp³-hybridized carbons (Fsp3) is 0.750. The quantitative estimate of drug-likeness (QED) is 0.631. The molecule has 1 amide bonds.